The molecule has 2 aromatic rings. The van der Waals surface area contributed by atoms with Crippen LogP contribution in [0.4, 0.5) is 0 Å². The van der Waals surface area contributed by atoms with E-state index in [2.05, 4.69) is 20.0 Å². The van der Waals surface area contributed by atoms with Crippen molar-refractivity contribution in [3.05, 3.63) is 41.9 Å². The number of aromatic amines is 1. The highest BCUT2D eigenvalue weighted by Gasteiger charge is 2.15. The first-order valence-corrected chi connectivity index (χ1v) is 5.15. The third kappa shape index (κ3) is 2.73. The summed E-state index contributed by atoms with van der Waals surface area (Å²) in [4.78, 5) is 18.4. The molecule has 0 aromatic carbocycles. The van der Waals surface area contributed by atoms with Crippen LogP contribution in [0.3, 0.4) is 0 Å². The molecule has 2 heterocycles. The van der Waals surface area contributed by atoms with E-state index in [1.807, 2.05) is 0 Å². The average molecular weight is 235 g/mol. The largest absolute Gasteiger partial charge is 0.463 e. The minimum Gasteiger partial charge on any atom is -0.463 e. The molecule has 6 heteroatoms. The number of H-pyrrole nitrogens is 1. The number of hydrogen-bond donors (Lipinski definition) is 2. The zero-order valence-electron chi connectivity index (χ0n) is 9.40. The second-order valence-corrected chi connectivity index (χ2v) is 3.41. The average Bonchev–Trinajstić information content (AvgIpc) is 2.99. The number of imidazole rings is 1. The van der Waals surface area contributed by atoms with Crippen LogP contribution in [0.2, 0.25) is 0 Å². The van der Waals surface area contributed by atoms with Crippen LogP contribution in [-0.4, -0.2) is 23.0 Å². The smallest absolute Gasteiger partial charge is 0.374 e. The molecule has 0 atom stereocenters. The van der Waals surface area contributed by atoms with Crippen LogP contribution in [0.25, 0.3) is 0 Å². The molecule has 17 heavy (non-hydrogen) atoms. The van der Waals surface area contributed by atoms with E-state index < -0.39 is 5.97 Å². The Kier molecular flexibility index (Phi) is 3.56. The fraction of sp³-hybridized carbons (Fsp3) is 0.273. The van der Waals surface area contributed by atoms with Crippen LogP contribution in [-0.2, 0) is 17.8 Å². The molecule has 0 spiro atoms. The fourth-order valence-electron chi connectivity index (χ4n) is 1.46. The molecule has 0 aliphatic carbocycles. The lowest BCUT2D eigenvalue weighted by Crippen LogP contribution is -2.15. The predicted octanol–water partition coefficient (Wildman–Crippen LogP) is 1.08. The van der Waals surface area contributed by atoms with Gasteiger partial charge in [-0.2, -0.15) is 0 Å². The predicted molar refractivity (Wildman–Crippen MR) is 59.2 cm³/mol. The molecule has 2 aromatic heterocycles. The molecular formula is C11H13N3O3. The number of hydrogen-bond acceptors (Lipinski definition) is 5. The Morgan fingerprint density at radius 3 is 3.18 bits per heavy atom. The van der Waals surface area contributed by atoms with Crippen LogP contribution in [0.1, 0.15) is 21.9 Å². The minimum atomic E-state index is -0.468. The van der Waals surface area contributed by atoms with Gasteiger partial charge in [0, 0.05) is 24.5 Å². The standard InChI is InChI=1S/C11H13N3O3/c1-16-11(15)10-8(2-5-17-10)6-12-7-9-13-3-4-14-9/h2-5,12H,6-7H2,1H3,(H,13,14). The highest BCUT2D eigenvalue weighted by molar-refractivity contribution is 5.87. The maximum absolute atomic E-state index is 11.3. The number of carbonyl (C=O) groups is 1. The van der Waals surface area contributed by atoms with Crippen molar-refractivity contribution in [1.29, 1.82) is 0 Å². The van der Waals surface area contributed by atoms with Gasteiger partial charge in [-0.1, -0.05) is 0 Å². The van der Waals surface area contributed by atoms with E-state index in [4.69, 9.17) is 4.42 Å². The molecule has 0 saturated heterocycles. The number of carbonyl (C=O) groups excluding carboxylic acids is 1. The number of nitrogens with one attached hydrogen (secondary N) is 2. The Labute approximate surface area is 98.0 Å². The van der Waals surface area contributed by atoms with Gasteiger partial charge in [0.2, 0.25) is 5.76 Å². The van der Waals surface area contributed by atoms with Gasteiger partial charge in [-0.15, -0.1) is 0 Å². The van der Waals surface area contributed by atoms with Crippen LogP contribution in [0.5, 0.6) is 0 Å². The second-order valence-electron chi connectivity index (χ2n) is 3.41. The molecule has 0 fully saturated rings. The van der Waals surface area contributed by atoms with E-state index in [9.17, 15) is 4.79 Å². The van der Waals surface area contributed by atoms with Gasteiger partial charge < -0.3 is 19.5 Å². The number of aromatic nitrogens is 2. The lowest BCUT2D eigenvalue weighted by Gasteiger charge is -2.02. The van der Waals surface area contributed by atoms with Crippen molar-refractivity contribution in [2.75, 3.05) is 7.11 Å². The Morgan fingerprint density at radius 2 is 2.47 bits per heavy atom. The lowest BCUT2D eigenvalue weighted by atomic mass is 10.2. The van der Waals surface area contributed by atoms with E-state index in [1.165, 1.54) is 13.4 Å². The third-order valence-electron chi connectivity index (χ3n) is 2.28. The van der Waals surface area contributed by atoms with E-state index in [1.54, 1.807) is 18.5 Å². The third-order valence-corrected chi connectivity index (χ3v) is 2.28. The Hall–Kier alpha value is -2.08. The maximum Gasteiger partial charge on any atom is 0.374 e. The van der Waals surface area contributed by atoms with E-state index in [0.717, 1.165) is 11.4 Å². The molecular weight excluding hydrogens is 222 g/mol. The lowest BCUT2D eigenvalue weighted by molar-refractivity contribution is 0.0563. The van der Waals surface area contributed by atoms with Gasteiger partial charge in [-0.05, 0) is 6.07 Å². The normalized spacial score (nSPS) is 10.4. The monoisotopic (exact) mass is 235 g/mol. The van der Waals surface area contributed by atoms with E-state index >= 15 is 0 Å². The SMILES string of the molecule is COC(=O)c1occc1CNCc1ncc[nH]1. The van der Waals surface area contributed by atoms with Crippen LogP contribution in [0, 0.1) is 0 Å². The summed E-state index contributed by atoms with van der Waals surface area (Å²) in [5.74, 6) is 0.609. The summed E-state index contributed by atoms with van der Waals surface area (Å²) in [6.45, 7) is 1.11. The Morgan fingerprint density at radius 1 is 1.59 bits per heavy atom. The van der Waals surface area contributed by atoms with Crippen molar-refractivity contribution < 1.29 is 13.9 Å². The summed E-state index contributed by atoms with van der Waals surface area (Å²) < 4.78 is 9.68. The maximum atomic E-state index is 11.3. The van der Waals surface area contributed by atoms with Crippen molar-refractivity contribution in [2.24, 2.45) is 0 Å². The van der Waals surface area contributed by atoms with Crippen LogP contribution in [0.15, 0.2) is 29.1 Å². The van der Waals surface area contributed by atoms with Gasteiger partial charge in [0.25, 0.3) is 0 Å². The molecule has 0 bridgehead atoms. The first-order chi connectivity index (χ1) is 8.31. The number of rotatable bonds is 5. The van der Waals surface area contributed by atoms with E-state index in [-0.39, 0.29) is 5.76 Å². The number of nitrogens with zero attached hydrogens (tertiary/aromatic N) is 1. The second kappa shape index (κ2) is 5.31. The summed E-state index contributed by atoms with van der Waals surface area (Å²) in [6, 6.07) is 1.74. The zero-order valence-corrected chi connectivity index (χ0v) is 9.40. The topological polar surface area (TPSA) is 80.2 Å². The number of esters is 1. The summed E-state index contributed by atoms with van der Waals surface area (Å²) in [7, 11) is 1.32. The molecule has 6 nitrogen and oxygen atoms in total. The molecule has 0 saturated carbocycles. The van der Waals surface area contributed by atoms with Crippen LogP contribution < -0.4 is 5.32 Å². The van der Waals surface area contributed by atoms with Gasteiger partial charge in [0.15, 0.2) is 0 Å². The highest BCUT2D eigenvalue weighted by atomic mass is 16.5. The zero-order chi connectivity index (χ0) is 12.1. The molecule has 90 valence electrons. The molecule has 0 radical (unpaired) electrons. The molecule has 2 rings (SSSR count). The minimum absolute atomic E-state index is 0.236. The summed E-state index contributed by atoms with van der Waals surface area (Å²) in [5, 5.41) is 3.15. The summed E-state index contributed by atoms with van der Waals surface area (Å²) >= 11 is 0. The molecule has 0 unspecified atom stereocenters. The first kappa shape index (κ1) is 11.4. The number of furan rings is 1. The van der Waals surface area contributed by atoms with Gasteiger partial charge in [-0.25, -0.2) is 9.78 Å². The first-order valence-electron chi connectivity index (χ1n) is 5.15. The van der Waals surface area contributed by atoms with Crippen molar-refractivity contribution in [2.45, 2.75) is 13.1 Å². The van der Waals surface area contributed by atoms with Crippen molar-refractivity contribution in [3.8, 4) is 0 Å². The molecule has 2 N–H and O–H groups in total. The molecule has 0 aliphatic rings. The van der Waals surface area contributed by atoms with Crippen molar-refractivity contribution in [1.82, 2.24) is 15.3 Å². The quantitative estimate of drug-likeness (QED) is 0.758. The summed E-state index contributed by atoms with van der Waals surface area (Å²) in [5.41, 5.74) is 0.767. The van der Waals surface area contributed by atoms with Gasteiger partial charge in [0.05, 0.1) is 19.9 Å². The Balaban J connectivity index is 1.91. The molecule has 0 amide bonds. The summed E-state index contributed by atoms with van der Waals surface area (Å²) in [6.07, 6.45) is 4.92. The van der Waals surface area contributed by atoms with Crippen molar-refractivity contribution in [3.63, 3.8) is 0 Å². The number of ether oxygens (including phenoxy) is 1. The van der Waals surface area contributed by atoms with Crippen LogP contribution >= 0.6 is 0 Å². The highest BCUT2D eigenvalue weighted by Crippen LogP contribution is 2.11. The Bertz CT molecular complexity index is 476. The van der Waals surface area contributed by atoms with Gasteiger partial charge in [-0.3, -0.25) is 0 Å². The van der Waals surface area contributed by atoms with E-state index in [0.29, 0.717) is 13.1 Å². The molecule has 0 aliphatic heterocycles. The fourth-order valence-corrected chi connectivity index (χ4v) is 1.46. The van der Waals surface area contributed by atoms with Gasteiger partial charge >= 0.3 is 5.97 Å². The van der Waals surface area contributed by atoms with Crippen molar-refractivity contribution >= 4 is 5.97 Å². The van der Waals surface area contributed by atoms with Gasteiger partial charge in [0.1, 0.15) is 5.82 Å². The number of methoxy groups -OCH3 is 1.